The Morgan fingerprint density at radius 2 is 2.42 bits per heavy atom. The van der Waals surface area contributed by atoms with Crippen molar-refractivity contribution in [3.8, 4) is 0 Å². The van der Waals surface area contributed by atoms with E-state index in [1.165, 1.54) is 0 Å². The summed E-state index contributed by atoms with van der Waals surface area (Å²) in [5, 5.41) is 0. The minimum absolute atomic E-state index is 0.0469. The summed E-state index contributed by atoms with van der Waals surface area (Å²) in [6.07, 6.45) is 0.809. The second-order valence-corrected chi connectivity index (χ2v) is 3.65. The lowest BCUT2D eigenvalue weighted by atomic mass is 10.1. The van der Waals surface area contributed by atoms with E-state index in [2.05, 4.69) is 15.9 Å². The molecule has 1 aromatic heterocycles. The molecule has 1 amide bonds. The summed E-state index contributed by atoms with van der Waals surface area (Å²) in [4.78, 5) is 13.2. The van der Waals surface area contributed by atoms with E-state index in [9.17, 15) is 4.79 Å². The Labute approximate surface area is 78.5 Å². The van der Waals surface area contributed by atoms with E-state index < -0.39 is 0 Å². The van der Waals surface area contributed by atoms with Crippen molar-refractivity contribution in [1.29, 1.82) is 0 Å². The Balaban J connectivity index is 2.48. The van der Waals surface area contributed by atoms with Gasteiger partial charge in [-0.25, -0.2) is 0 Å². The lowest BCUT2D eigenvalue weighted by molar-refractivity contribution is 0.0774. The predicted molar refractivity (Wildman–Crippen MR) is 47.1 cm³/mol. The molecule has 4 heteroatoms. The van der Waals surface area contributed by atoms with E-state index in [1.807, 2.05) is 0 Å². The molecular formula is C8H8BrNO2. The van der Waals surface area contributed by atoms with E-state index in [4.69, 9.17) is 4.42 Å². The van der Waals surface area contributed by atoms with Crippen LogP contribution in [0.25, 0.3) is 0 Å². The first-order chi connectivity index (χ1) is 5.68. The quantitative estimate of drug-likeness (QED) is 0.679. The molecule has 0 bridgehead atoms. The number of carbonyl (C=O) groups is 1. The molecule has 0 atom stereocenters. The molecule has 1 aliphatic rings. The molecule has 0 fully saturated rings. The highest BCUT2D eigenvalue weighted by atomic mass is 79.9. The zero-order chi connectivity index (χ0) is 8.72. The molecule has 1 aromatic rings. The molecule has 0 saturated heterocycles. The molecule has 2 rings (SSSR count). The number of nitrogens with zero attached hydrogens (tertiary/aromatic N) is 1. The van der Waals surface area contributed by atoms with Crippen LogP contribution in [0.15, 0.2) is 15.2 Å². The SMILES string of the molecule is CN1CCc2oc(Br)cc2C1=O. The third-order valence-corrected chi connectivity index (χ3v) is 2.42. The average molecular weight is 230 g/mol. The standard InChI is InChI=1S/C8H8BrNO2/c1-10-3-2-6-5(8(10)11)4-7(9)12-6/h4H,2-3H2,1H3. The molecule has 3 nitrogen and oxygen atoms in total. The maximum atomic E-state index is 11.5. The third-order valence-electron chi connectivity index (χ3n) is 2.03. The topological polar surface area (TPSA) is 33.5 Å². The van der Waals surface area contributed by atoms with Gasteiger partial charge in [-0.1, -0.05) is 0 Å². The Kier molecular flexibility index (Phi) is 1.72. The van der Waals surface area contributed by atoms with Gasteiger partial charge < -0.3 is 9.32 Å². The van der Waals surface area contributed by atoms with Gasteiger partial charge in [-0.2, -0.15) is 0 Å². The van der Waals surface area contributed by atoms with Gasteiger partial charge in [0.05, 0.1) is 5.56 Å². The summed E-state index contributed by atoms with van der Waals surface area (Å²) in [5.41, 5.74) is 0.690. The van der Waals surface area contributed by atoms with Crippen LogP contribution in [0.2, 0.25) is 0 Å². The summed E-state index contributed by atoms with van der Waals surface area (Å²) in [6, 6.07) is 1.73. The van der Waals surface area contributed by atoms with Gasteiger partial charge >= 0.3 is 0 Å². The highest BCUT2D eigenvalue weighted by molar-refractivity contribution is 9.10. The number of likely N-dealkylation sites (N-methyl/N-ethyl adjacent to an activating group) is 1. The van der Waals surface area contributed by atoms with Crippen molar-refractivity contribution in [3.05, 3.63) is 22.1 Å². The van der Waals surface area contributed by atoms with E-state index >= 15 is 0 Å². The van der Waals surface area contributed by atoms with Crippen molar-refractivity contribution in [2.24, 2.45) is 0 Å². The molecule has 0 spiro atoms. The van der Waals surface area contributed by atoms with Gasteiger partial charge in [-0.05, 0) is 15.9 Å². The Morgan fingerprint density at radius 1 is 1.67 bits per heavy atom. The largest absolute Gasteiger partial charge is 0.453 e. The molecule has 0 aliphatic carbocycles. The van der Waals surface area contributed by atoms with Crippen molar-refractivity contribution in [2.45, 2.75) is 6.42 Å². The highest BCUT2D eigenvalue weighted by Crippen LogP contribution is 2.24. The fourth-order valence-electron chi connectivity index (χ4n) is 1.34. The van der Waals surface area contributed by atoms with Gasteiger partial charge in [0.1, 0.15) is 5.76 Å². The fraction of sp³-hybridized carbons (Fsp3) is 0.375. The van der Waals surface area contributed by atoms with Crippen molar-refractivity contribution in [3.63, 3.8) is 0 Å². The monoisotopic (exact) mass is 229 g/mol. The number of halogens is 1. The molecule has 0 unspecified atom stereocenters. The van der Waals surface area contributed by atoms with Crippen molar-refractivity contribution >= 4 is 21.8 Å². The number of carbonyl (C=O) groups excluding carboxylic acids is 1. The van der Waals surface area contributed by atoms with E-state index in [0.29, 0.717) is 10.2 Å². The number of hydrogen-bond acceptors (Lipinski definition) is 2. The number of furan rings is 1. The van der Waals surface area contributed by atoms with Crippen LogP contribution in [0.5, 0.6) is 0 Å². The van der Waals surface area contributed by atoms with E-state index in [1.54, 1.807) is 18.0 Å². The van der Waals surface area contributed by atoms with Crippen LogP contribution >= 0.6 is 15.9 Å². The van der Waals surface area contributed by atoms with Crippen molar-refractivity contribution < 1.29 is 9.21 Å². The summed E-state index contributed by atoms with van der Waals surface area (Å²) in [5.74, 6) is 0.843. The number of rotatable bonds is 0. The van der Waals surface area contributed by atoms with Crippen LogP contribution in [0.1, 0.15) is 16.1 Å². The molecule has 12 heavy (non-hydrogen) atoms. The Hall–Kier alpha value is -0.770. The van der Waals surface area contributed by atoms with Gasteiger partial charge in [0.25, 0.3) is 5.91 Å². The van der Waals surface area contributed by atoms with E-state index in [-0.39, 0.29) is 5.91 Å². The predicted octanol–water partition coefficient (Wildman–Crippen LogP) is 1.67. The number of fused-ring (bicyclic) bond motifs is 1. The fourth-order valence-corrected chi connectivity index (χ4v) is 1.76. The van der Waals surface area contributed by atoms with E-state index in [0.717, 1.165) is 18.7 Å². The third kappa shape index (κ3) is 1.06. The molecule has 1 aliphatic heterocycles. The van der Waals surface area contributed by atoms with Crippen LogP contribution in [0, 0.1) is 0 Å². The maximum Gasteiger partial charge on any atom is 0.257 e. The first kappa shape index (κ1) is 7.86. The van der Waals surface area contributed by atoms with Crippen LogP contribution < -0.4 is 0 Å². The first-order valence-electron chi connectivity index (χ1n) is 3.72. The summed E-state index contributed by atoms with van der Waals surface area (Å²) >= 11 is 3.20. The van der Waals surface area contributed by atoms with Gasteiger partial charge in [-0.15, -0.1) is 0 Å². The van der Waals surface area contributed by atoms with Gasteiger partial charge in [0.2, 0.25) is 0 Å². The normalized spacial score (nSPS) is 16.5. The van der Waals surface area contributed by atoms with Crippen LogP contribution in [0.4, 0.5) is 0 Å². The van der Waals surface area contributed by atoms with Crippen LogP contribution in [0.3, 0.4) is 0 Å². The molecular weight excluding hydrogens is 222 g/mol. The van der Waals surface area contributed by atoms with Gasteiger partial charge in [0.15, 0.2) is 4.67 Å². The maximum absolute atomic E-state index is 11.5. The first-order valence-corrected chi connectivity index (χ1v) is 4.51. The lowest BCUT2D eigenvalue weighted by Gasteiger charge is -2.20. The Bertz CT molecular complexity index is 332. The molecule has 64 valence electrons. The summed E-state index contributed by atoms with van der Waals surface area (Å²) < 4.78 is 5.93. The second kappa shape index (κ2) is 2.62. The second-order valence-electron chi connectivity index (χ2n) is 2.86. The Morgan fingerprint density at radius 3 is 3.17 bits per heavy atom. The molecule has 0 radical (unpaired) electrons. The minimum Gasteiger partial charge on any atom is -0.453 e. The van der Waals surface area contributed by atoms with Gasteiger partial charge in [-0.3, -0.25) is 4.79 Å². The zero-order valence-electron chi connectivity index (χ0n) is 6.63. The van der Waals surface area contributed by atoms with Gasteiger partial charge in [0, 0.05) is 26.1 Å². The van der Waals surface area contributed by atoms with Crippen molar-refractivity contribution in [2.75, 3.05) is 13.6 Å². The van der Waals surface area contributed by atoms with Crippen molar-refractivity contribution in [1.82, 2.24) is 4.90 Å². The highest BCUT2D eigenvalue weighted by Gasteiger charge is 2.24. The molecule has 0 saturated carbocycles. The number of amides is 1. The molecule has 0 N–H and O–H groups in total. The molecule has 2 heterocycles. The lowest BCUT2D eigenvalue weighted by Crippen LogP contribution is -2.33. The van der Waals surface area contributed by atoms with Crippen LogP contribution in [-0.4, -0.2) is 24.4 Å². The van der Waals surface area contributed by atoms with Crippen LogP contribution in [-0.2, 0) is 6.42 Å². The summed E-state index contributed by atoms with van der Waals surface area (Å²) in [7, 11) is 1.80. The average Bonchev–Trinajstić information content (AvgIpc) is 2.39. The smallest absolute Gasteiger partial charge is 0.257 e. The molecule has 0 aromatic carbocycles. The minimum atomic E-state index is 0.0469. The zero-order valence-corrected chi connectivity index (χ0v) is 8.22. The number of hydrogen-bond donors (Lipinski definition) is 0. The summed E-state index contributed by atoms with van der Waals surface area (Å²) in [6.45, 7) is 0.742.